The highest BCUT2D eigenvalue weighted by atomic mass is 16.2. The molecule has 2 N–H and O–H groups in total. The molecule has 1 amide bonds. The number of nitrogens with zero attached hydrogens (tertiary/aromatic N) is 3. The Balaban J connectivity index is 1.86. The quantitative estimate of drug-likeness (QED) is 0.938. The van der Waals surface area contributed by atoms with Crippen molar-refractivity contribution >= 4 is 5.91 Å². The first-order valence-electron chi connectivity index (χ1n) is 8.65. The third-order valence-corrected chi connectivity index (χ3v) is 5.15. The van der Waals surface area contributed by atoms with Gasteiger partial charge in [-0.1, -0.05) is 30.3 Å². The Hall–Kier alpha value is -2.14. The normalized spacial score (nSPS) is 20.6. The summed E-state index contributed by atoms with van der Waals surface area (Å²) in [5, 5.41) is 4.48. The van der Waals surface area contributed by atoms with E-state index in [0.29, 0.717) is 24.9 Å². The lowest BCUT2D eigenvalue weighted by atomic mass is 9.89. The second kappa shape index (κ2) is 6.77. The van der Waals surface area contributed by atoms with Crippen molar-refractivity contribution in [1.29, 1.82) is 0 Å². The highest BCUT2D eigenvalue weighted by Crippen LogP contribution is 2.33. The summed E-state index contributed by atoms with van der Waals surface area (Å²) in [7, 11) is 0. The number of aromatic nitrogens is 2. The summed E-state index contributed by atoms with van der Waals surface area (Å²) >= 11 is 0. The van der Waals surface area contributed by atoms with Gasteiger partial charge in [0.15, 0.2) is 0 Å². The predicted molar refractivity (Wildman–Crippen MR) is 95.0 cm³/mol. The molecule has 1 aromatic carbocycles. The van der Waals surface area contributed by atoms with Gasteiger partial charge < -0.3 is 10.6 Å². The second-order valence-electron chi connectivity index (χ2n) is 6.58. The molecule has 1 aliphatic heterocycles. The largest absolute Gasteiger partial charge is 0.338 e. The van der Waals surface area contributed by atoms with E-state index in [1.54, 1.807) is 0 Å². The number of likely N-dealkylation sites (tertiary alicyclic amines) is 1. The SMILES string of the molecule is CCn1nc(C)c(C(=O)N2C[C@@H](CN)[C@H](c3ccccc3)C2)c1C. The monoisotopic (exact) mass is 326 g/mol. The fourth-order valence-corrected chi connectivity index (χ4v) is 3.83. The predicted octanol–water partition coefficient (Wildman–Crippen LogP) is 2.33. The van der Waals surface area contributed by atoms with E-state index in [1.807, 2.05) is 48.6 Å². The van der Waals surface area contributed by atoms with Gasteiger partial charge in [0.05, 0.1) is 11.3 Å². The lowest BCUT2D eigenvalue weighted by Gasteiger charge is -2.17. The Bertz CT molecular complexity index is 722. The molecule has 0 spiro atoms. The van der Waals surface area contributed by atoms with Crippen molar-refractivity contribution in [3.8, 4) is 0 Å². The Morgan fingerprint density at radius 3 is 2.54 bits per heavy atom. The van der Waals surface area contributed by atoms with E-state index >= 15 is 0 Å². The molecule has 24 heavy (non-hydrogen) atoms. The number of hydrogen-bond donors (Lipinski definition) is 1. The van der Waals surface area contributed by atoms with Crippen molar-refractivity contribution in [3.63, 3.8) is 0 Å². The second-order valence-corrected chi connectivity index (χ2v) is 6.58. The first kappa shape index (κ1) is 16.7. The van der Waals surface area contributed by atoms with Gasteiger partial charge in [-0.2, -0.15) is 5.10 Å². The van der Waals surface area contributed by atoms with E-state index in [4.69, 9.17) is 5.73 Å². The molecule has 5 nitrogen and oxygen atoms in total. The van der Waals surface area contributed by atoms with Crippen molar-refractivity contribution in [3.05, 3.63) is 52.8 Å². The summed E-state index contributed by atoms with van der Waals surface area (Å²) in [6.07, 6.45) is 0. The highest BCUT2D eigenvalue weighted by Gasteiger charge is 2.36. The van der Waals surface area contributed by atoms with Crippen LogP contribution in [0.5, 0.6) is 0 Å². The first-order chi connectivity index (χ1) is 11.6. The third-order valence-electron chi connectivity index (χ3n) is 5.15. The summed E-state index contributed by atoms with van der Waals surface area (Å²) < 4.78 is 1.90. The van der Waals surface area contributed by atoms with Gasteiger partial charge in [0.1, 0.15) is 0 Å². The van der Waals surface area contributed by atoms with Crippen LogP contribution in [0.3, 0.4) is 0 Å². The van der Waals surface area contributed by atoms with E-state index in [2.05, 4.69) is 17.2 Å². The minimum atomic E-state index is 0.0848. The molecular weight excluding hydrogens is 300 g/mol. The molecule has 1 aliphatic rings. The molecule has 0 bridgehead atoms. The minimum absolute atomic E-state index is 0.0848. The average molecular weight is 326 g/mol. The van der Waals surface area contributed by atoms with Crippen molar-refractivity contribution in [1.82, 2.24) is 14.7 Å². The van der Waals surface area contributed by atoms with Crippen LogP contribution in [0.15, 0.2) is 30.3 Å². The van der Waals surface area contributed by atoms with Gasteiger partial charge in [0.25, 0.3) is 5.91 Å². The van der Waals surface area contributed by atoms with Gasteiger partial charge in [-0.05, 0) is 38.8 Å². The molecular formula is C19H26N4O. The fraction of sp³-hybridized carbons (Fsp3) is 0.474. The van der Waals surface area contributed by atoms with Crippen LogP contribution < -0.4 is 5.73 Å². The molecule has 0 saturated carbocycles. The number of nitrogens with two attached hydrogens (primary N) is 1. The lowest BCUT2D eigenvalue weighted by molar-refractivity contribution is 0.0785. The molecule has 0 unspecified atom stereocenters. The van der Waals surface area contributed by atoms with Crippen molar-refractivity contribution in [2.75, 3.05) is 19.6 Å². The zero-order chi connectivity index (χ0) is 17.3. The maximum Gasteiger partial charge on any atom is 0.257 e. The first-order valence-corrected chi connectivity index (χ1v) is 8.65. The van der Waals surface area contributed by atoms with Gasteiger partial charge in [-0.15, -0.1) is 0 Å². The van der Waals surface area contributed by atoms with Crippen LogP contribution >= 0.6 is 0 Å². The molecule has 0 aliphatic carbocycles. The van der Waals surface area contributed by atoms with Crippen LogP contribution in [0.1, 0.15) is 40.2 Å². The Labute approximate surface area is 143 Å². The molecule has 2 atom stereocenters. The summed E-state index contributed by atoms with van der Waals surface area (Å²) in [4.78, 5) is 15.0. The maximum absolute atomic E-state index is 13.1. The maximum atomic E-state index is 13.1. The fourth-order valence-electron chi connectivity index (χ4n) is 3.83. The van der Waals surface area contributed by atoms with Crippen LogP contribution in [-0.2, 0) is 6.54 Å². The molecule has 2 heterocycles. The molecule has 0 radical (unpaired) electrons. The average Bonchev–Trinajstić information content (AvgIpc) is 3.16. The highest BCUT2D eigenvalue weighted by molar-refractivity contribution is 5.96. The van der Waals surface area contributed by atoms with Gasteiger partial charge in [-0.3, -0.25) is 9.48 Å². The standard InChI is InChI=1S/C19H26N4O/c1-4-23-14(3)18(13(2)21-23)19(24)22-11-16(10-20)17(12-22)15-8-6-5-7-9-15/h5-9,16-17H,4,10-12,20H2,1-3H3/t16-,17+/m1/s1. The molecule has 1 aromatic heterocycles. The van der Waals surface area contributed by atoms with Gasteiger partial charge >= 0.3 is 0 Å². The van der Waals surface area contributed by atoms with Gasteiger partial charge in [-0.25, -0.2) is 0 Å². The molecule has 5 heteroatoms. The smallest absolute Gasteiger partial charge is 0.257 e. The van der Waals surface area contributed by atoms with Crippen molar-refractivity contribution in [2.45, 2.75) is 33.2 Å². The van der Waals surface area contributed by atoms with Crippen LogP contribution in [0.2, 0.25) is 0 Å². The number of aryl methyl sites for hydroxylation is 2. The summed E-state index contributed by atoms with van der Waals surface area (Å²) in [5.74, 6) is 0.696. The molecule has 128 valence electrons. The van der Waals surface area contributed by atoms with Gasteiger partial charge in [0, 0.05) is 31.2 Å². The van der Waals surface area contributed by atoms with Crippen molar-refractivity contribution in [2.24, 2.45) is 11.7 Å². The summed E-state index contributed by atoms with van der Waals surface area (Å²) in [6.45, 7) is 8.73. The number of carbonyl (C=O) groups is 1. The zero-order valence-electron chi connectivity index (χ0n) is 14.7. The molecule has 1 saturated heterocycles. The Kier molecular flexibility index (Phi) is 4.71. The van der Waals surface area contributed by atoms with Gasteiger partial charge in [0.2, 0.25) is 0 Å². The van der Waals surface area contributed by atoms with Crippen molar-refractivity contribution < 1.29 is 4.79 Å². The Morgan fingerprint density at radius 2 is 1.96 bits per heavy atom. The summed E-state index contributed by atoms with van der Waals surface area (Å²) in [5.41, 5.74) is 9.77. The van der Waals surface area contributed by atoms with E-state index in [9.17, 15) is 4.79 Å². The number of carbonyl (C=O) groups excluding carboxylic acids is 1. The minimum Gasteiger partial charge on any atom is -0.338 e. The number of amides is 1. The molecule has 2 aromatic rings. The van der Waals surface area contributed by atoms with Crippen LogP contribution in [0, 0.1) is 19.8 Å². The van der Waals surface area contributed by atoms with E-state index in [-0.39, 0.29) is 5.91 Å². The van der Waals surface area contributed by atoms with E-state index in [1.165, 1.54) is 5.56 Å². The zero-order valence-corrected chi connectivity index (χ0v) is 14.7. The Morgan fingerprint density at radius 1 is 1.25 bits per heavy atom. The van der Waals surface area contributed by atoms with Crippen LogP contribution in [0.4, 0.5) is 0 Å². The van der Waals surface area contributed by atoms with Crippen LogP contribution in [0.25, 0.3) is 0 Å². The third kappa shape index (κ3) is 2.84. The number of rotatable bonds is 4. The topological polar surface area (TPSA) is 64.2 Å². The summed E-state index contributed by atoms with van der Waals surface area (Å²) in [6, 6.07) is 10.4. The van der Waals surface area contributed by atoms with E-state index < -0.39 is 0 Å². The lowest BCUT2D eigenvalue weighted by Crippen LogP contribution is -2.30. The number of hydrogen-bond acceptors (Lipinski definition) is 3. The van der Waals surface area contributed by atoms with Crippen LogP contribution in [-0.4, -0.2) is 40.2 Å². The molecule has 1 fully saturated rings. The number of benzene rings is 1. The molecule has 3 rings (SSSR count). The van der Waals surface area contributed by atoms with E-state index in [0.717, 1.165) is 30.0 Å².